The largest absolute Gasteiger partial charge is 0.299 e. The van der Waals surface area contributed by atoms with Gasteiger partial charge in [-0.15, -0.1) is 0 Å². The predicted molar refractivity (Wildman–Crippen MR) is 77.8 cm³/mol. The molecule has 2 atom stereocenters. The molecule has 1 aromatic rings. The first-order valence-electron chi connectivity index (χ1n) is 7.24. The Morgan fingerprint density at radius 2 is 1.89 bits per heavy atom. The summed E-state index contributed by atoms with van der Waals surface area (Å²) in [4.78, 5) is 5.16. The fraction of sp³-hybridized carbons (Fsp3) is 0.600. The Bertz CT molecular complexity index is 409. The van der Waals surface area contributed by atoms with Crippen molar-refractivity contribution in [1.82, 2.24) is 15.2 Å². The highest BCUT2D eigenvalue weighted by Crippen LogP contribution is 2.20. The Balaban J connectivity index is 1.68. The van der Waals surface area contributed by atoms with E-state index in [4.69, 9.17) is 5.84 Å². The van der Waals surface area contributed by atoms with Gasteiger partial charge in [0.05, 0.1) is 0 Å². The van der Waals surface area contributed by atoms with E-state index in [0.29, 0.717) is 12.1 Å². The number of benzene rings is 1. The number of hydrazine groups is 1. The molecule has 0 aromatic heterocycles. The van der Waals surface area contributed by atoms with Crippen molar-refractivity contribution in [2.45, 2.75) is 25.4 Å². The van der Waals surface area contributed by atoms with Crippen LogP contribution in [-0.4, -0.2) is 54.6 Å². The maximum atomic E-state index is 5.82. The van der Waals surface area contributed by atoms with Crippen LogP contribution in [0.3, 0.4) is 0 Å². The smallest absolute Gasteiger partial charge is 0.0418 e. The first-order valence-corrected chi connectivity index (χ1v) is 7.24. The van der Waals surface area contributed by atoms with Gasteiger partial charge in [0.15, 0.2) is 0 Å². The second kappa shape index (κ2) is 5.59. The van der Waals surface area contributed by atoms with E-state index in [2.05, 4.69) is 46.4 Å². The molecule has 0 radical (unpaired) electrons. The molecule has 1 aromatic carbocycles. The predicted octanol–water partition coefficient (Wildman–Crippen LogP) is 0.369. The van der Waals surface area contributed by atoms with Crippen LogP contribution in [0.15, 0.2) is 24.3 Å². The molecule has 2 bridgehead atoms. The molecule has 0 spiro atoms. The molecule has 4 rings (SSSR count). The minimum atomic E-state index is 0.339. The fourth-order valence-electron chi connectivity index (χ4n) is 3.32. The summed E-state index contributed by atoms with van der Waals surface area (Å²) in [5.74, 6) is 5.82. The van der Waals surface area contributed by atoms with Crippen molar-refractivity contribution in [2.75, 3.05) is 32.7 Å². The van der Waals surface area contributed by atoms with E-state index >= 15 is 0 Å². The second-order valence-corrected chi connectivity index (χ2v) is 5.87. The molecule has 3 aliphatic rings. The summed E-state index contributed by atoms with van der Waals surface area (Å²) >= 11 is 0. The summed E-state index contributed by atoms with van der Waals surface area (Å²) in [6, 6.07) is 9.69. The lowest BCUT2D eigenvalue weighted by Crippen LogP contribution is -2.67. The average molecular weight is 260 g/mol. The third-order valence-electron chi connectivity index (χ3n) is 4.58. The van der Waals surface area contributed by atoms with Crippen molar-refractivity contribution in [3.8, 4) is 0 Å². The monoisotopic (exact) mass is 260 g/mol. The van der Waals surface area contributed by atoms with Gasteiger partial charge in [0.25, 0.3) is 0 Å². The molecule has 19 heavy (non-hydrogen) atoms. The zero-order valence-electron chi connectivity index (χ0n) is 11.7. The summed E-state index contributed by atoms with van der Waals surface area (Å²) in [6.07, 6.45) is 1.01. The highest BCUT2D eigenvalue weighted by molar-refractivity contribution is 5.22. The van der Waals surface area contributed by atoms with Gasteiger partial charge < -0.3 is 0 Å². The van der Waals surface area contributed by atoms with Crippen LogP contribution in [0, 0.1) is 6.92 Å². The Labute approximate surface area is 115 Å². The third kappa shape index (κ3) is 2.82. The molecule has 3 heterocycles. The van der Waals surface area contributed by atoms with Crippen LogP contribution in [0.2, 0.25) is 0 Å². The first-order chi connectivity index (χ1) is 9.26. The number of hydrogen-bond donors (Lipinski definition) is 2. The molecule has 3 fully saturated rings. The van der Waals surface area contributed by atoms with Crippen molar-refractivity contribution in [1.29, 1.82) is 0 Å². The van der Waals surface area contributed by atoms with Crippen LogP contribution in [-0.2, 0) is 6.42 Å². The summed E-state index contributed by atoms with van der Waals surface area (Å²) < 4.78 is 0. The SMILES string of the molecule is Cc1ccc(CC(NN)C2CN3CCN2CC3)cc1. The Morgan fingerprint density at radius 3 is 2.42 bits per heavy atom. The molecule has 2 unspecified atom stereocenters. The van der Waals surface area contributed by atoms with E-state index in [0.717, 1.165) is 13.0 Å². The number of aryl methyl sites for hydroxylation is 1. The normalized spacial score (nSPS) is 31.4. The van der Waals surface area contributed by atoms with Crippen LogP contribution in [0.25, 0.3) is 0 Å². The van der Waals surface area contributed by atoms with Gasteiger partial charge in [0.2, 0.25) is 0 Å². The topological polar surface area (TPSA) is 44.5 Å². The highest BCUT2D eigenvalue weighted by atomic mass is 15.4. The van der Waals surface area contributed by atoms with Crippen LogP contribution < -0.4 is 11.3 Å². The lowest BCUT2D eigenvalue weighted by Gasteiger charge is -2.50. The van der Waals surface area contributed by atoms with E-state index in [1.54, 1.807) is 0 Å². The number of nitrogens with two attached hydrogens (primary N) is 1. The average Bonchev–Trinajstić information content (AvgIpc) is 2.48. The van der Waals surface area contributed by atoms with Gasteiger partial charge in [0.1, 0.15) is 0 Å². The third-order valence-corrected chi connectivity index (χ3v) is 4.58. The Hall–Kier alpha value is -0.940. The maximum Gasteiger partial charge on any atom is 0.0418 e. The van der Waals surface area contributed by atoms with E-state index in [9.17, 15) is 0 Å². The minimum absolute atomic E-state index is 0.339. The van der Waals surface area contributed by atoms with Crippen molar-refractivity contribution in [3.63, 3.8) is 0 Å². The van der Waals surface area contributed by atoms with Crippen LogP contribution in [0.1, 0.15) is 11.1 Å². The van der Waals surface area contributed by atoms with E-state index < -0.39 is 0 Å². The molecule has 0 saturated carbocycles. The van der Waals surface area contributed by atoms with Crippen molar-refractivity contribution >= 4 is 0 Å². The summed E-state index contributed by atoms with van der Waals surface area (Å²) in [6.45, 7) is 8.10. The van der Waals surface area contributed by atoms with E-state index in [1.807, 2.05) is 0 Å². The molecule has 3 N–H and O–H groups in total. The first kappa shape index (κ1) is 13.1. The number of piperazine rings is 3. The van der Waals surface area contributed by atoms with Gasteiger partial charge in [-0.2, -0.15) is 0 Å². The van der Waals surface area contributed by atoms with Crippen LogP contribution >= 0.6 is 0 Å². The quantitative estimate of drug-likeness (QED) is 0.606. The summed E-state index contributed by atoms with van der Waals surface area (Å²) in [7, 11) is 0. The van der Waals surface area contributed by atoms with Crippen molar-refractivity contribution < 1.29 is 0 Å². The highest BCUT2D eigenvalue weighted by Gasteiger charge is 2.36. The zero-order valence-corrected chi connectivity index (χ0v) is 11.7. The number of hydrogen-bond acceptors (Lipinski definition) is 4. The van der Waals surface area contributed by atoms with Gasteiger partial charge in [0, 0.05) is 44.8 Å². The van der Waals surface area contributed by atoms with Crippen LogP contribution in [0.5, 0.6) is 0 Å². The minimum Gasteiger partial charge on any atom is -0.299 e. The molecule has 0 amide bonds. The van der Waals surface area contributed by atoms with Gasteiger partial charge in [-0.1, -0.05) is 29.8 Å². The molecule has 104 valence electrons. The van der Waals surface area contributed by atoms with E-state index in [1.165, 1.54) is 37.3 Å². The van der Waals surface area contributed by atoms with Gasteiger partial charge in [-0.25, -0.2) is 0 Å². The number of fused-ring (bicyclic) bond motifs is 3. The van der Waals surface area contributed by atoms with Gasteiger partial charge in [-0.05, 0) is 18.9 Å². The number of nitrogens with one attached hydrogen (secondary N) is 1. The molecule has 3 saturated heterocycles. The molecular formula is C15H24N4. The number of nitrogens with zero attached hydrogens (tertiary/aromatic N) is 2. The van der Waals surface area contributed by atoms with E-state index in [-0.39, 0.29) is 0 Å². The van der Waals surface area contributed by atoms with Gasteiger partial charge >= 0.3 is 0 Å². The molecule has 0 aliphatic carbocycles. The number of rotatable bonds is 4. The Kier molecular flexibility index (Phi) is 3.84. The van der Waals surface area contributed by atoms with Crippen molar-refractivity contribution in [3.05, 3.63) is 35.4 Å². The van der Waals surface area contributed by atoms with Crippen LogP contribution in [0.4, 0.5) is 0 Å². The lowest BCUT2D eigenvalue weighted by molar-refractivity contribution is -0.00314. The van der Waals surface area contributed by atoms with Crippen molar-refractivity contribution in [2.24, 2.45) is 5.84 Å². The Morgan fingerprint density at radius 1 is 1.21 bits per heavy atom. The lowest BCUT2D eigenvalue weighted by atomic mass is 9.94. The second-order valence-electron chi connectivity index (χ2n) is 5.87. The summed E-state index contributed by atoms with van der Waals surface area (Å²) in [5.41, 5.74) is 5.73. The molecule has 3 aliphatic heterocycles. The molecular weight excluding hydrogens is 236 g/mol. The maximum absolute atomic E-state index is 5.82. The fourth-order valence-corrected chi connectivity index (χ4v) is 3.32. The molecule has 4 heteroatoms. The van der Waals surface area contributed by atoms with Gasteiger partial charge in [-0.3, -0.25) is 21.1 Å². The zero-order chi connectivity index (χ0) is 13.2. The standard InChI is InChI=1S/C15H24N4/c1-12-2-4-13(5-3-12)10-14(17-16)15-11-18-6-8-19(15)9-7-18/h2-5,14-15,17H,6-11,16H2,1H3. The molecule has 4 nitrogen and oxygen atoms in total. The summed E-state index contributed by atoms with van der Waals surface area (Å²) in [5, 5.41) is 0.